The lowest BCUT2D eigenvalue weighted by molar-refractivity contribution is 0.248. The van der Waals surface area contributed by atoms with Gasteiger partial charge in [0.1, 0.15) is 0 Å². The average molecular weight is 257 g/mol. The maximum absolute atomic E-state index is 4.60. The summed E-state index contributed by atoms with van der Waals surface area (Å²) in [7, 11) is 2.17. The Morgan fingerprint density at radius 3 is 2.79 bits per heavy atom. The van der Waals surface area contributed by atoms with Crippen LogP contribution in [-0.4, -0.2) is 45.2 Å². The van der Waals surface area contributed by atoms with Crippen molar-refractivity contribution in [3.8, 4) is 11.3 Å². The van der Waals surface area contributed by atoms with Crippen LogP contribution in [0.5, 0.6) is 0 Å². The summed E-state index contributed by atoms with van der Waals surface area (Å²) in [4.78, 5) is 11.5. The molecule has 0 saturated carbocycles. The fourth-order valence-electron chi connectivity index (χ4n) is 2.70. The van der Waals surface area contributed by atoms with E-state index in [-0.39, 0.29) is 0 Å². The van der Waals surface area contributed by atoms with Crippen molar-refractivity contribution >= 4 is 0 Å². The molecule has 3 heterocycles. The van der Waals surface area contributed by atoms with E-state index >= 15 is 0 Å². The maximum atomic E-state index is 4.60. The molecule has 19 heavy (non-hydrogen) atoms. The van der Waals surface area contributed by atoms with E-state index in [1.165, 1.54) is 19.4 Å². The Labute approximate surface area is 113 Å². The molecule has 0 unspecified atom stereocenters. The molecule has 1 atom stereocenters. The van der Waals surface area contributed by atoms with Gasteiger partial charge < -0.3 is 4.90 Å². The molecule has 3 rings (SSSR count). The van der Waals surface area contributed by atoms with Gasteiger partial charge in [0.25, 0.3) is 0 Å². The predicted octanol–water partition coefficient (Wildman–Crippen LogP) is 1.98. The molecule has 2 aromatic rings. The van der Waals surface area contributed by atoms with Crippen molar-refractivity contribution in [1.82, 2.24) is 25.1 Å². The second kappa shape index (κ2) is 5.09. The first-order valence-electron chi connectivity index (χ1n) is 6.75. The van der Waals surface area contributed by atoms with E-state index in [2.05, 4.69) is 32.1 Å². The van der Waals surface area contributed by atoms with E-state index in [0.717, 1.165) is 29.2 Å². The van der Waals surface area contributed by atoms with Crippen LogP contribution in [-0.2, 0) is 0 Å². The number of piperidine rings is 1. The fourth-order valence-corrected chi connectivity index (χ4v) is 2.70. The summed E-state index contributed by atoms with van der Waals surface area (Å²) in [6.45, 7) is 4.27. The lowest BCUT2D eigenvalue weighted by atomic mass is 9.95. The molecule has 100 valence electrons. The molecule has 1 saturated heterocycles. The molecule has 1 fully saturated rings. The summed E-state index contributed by atoms with van der Waals surface area (Å²) < 4.78 is 0. The van der Waals surface area contributed by atoms with E-state index in [4.69, 9.17) is 0 Å². The topological polar surface area (TPSA) is 57.7 Å². The first-order chi connectivity index (χ1) is 9.24. The van der Waals surface area contributed by atoms with Crippen molar-refractivity contribution < 1.29 is 0 Å². The van der Waals surface area contributed by atoms with E-state index in [1.54, 1.807) is 6.20 Å². The normalized spacial score (nSPS) is 20.6. The number of nitrogens with one attached hydrogen (secondary N) is 1. The summed E-state index contributed by atoms with van der Waals surface area (Å²) in [6.07, 6.45) is 8.04. The van der Waals surface area contributed by atoms with Crippen LogP contribution < -0.4 is 0 Å². The second-order valence-corrected chi connectivity index (χ2v) is 5.34. The SMILES string of the molecule is Cc1[nH]ncc1-c1cnc([C@@H]2CCCN(C)C2)cn1. The Morgan fingerprint density at radius 1 is 1.26 bits per heavy atom. The lowest BCUT2D eigenvalue weighted by Crippen LogP contribution is -2.31. The summed E-state index contributed by atoms with van der Waals surface area (Å²) >= 11 is 0. The number of aromatic nitrogens is 4. The number of rotatable bonds is 2. The average Bonchev–Trinajstić information content (AvgIpc) is 2.85. The number of aromatic amines is 1. The van der Waals surface area contributed by atoms with Crippen molar-refractivity contribution in [3.05, 3.63) is 30.0 Å². The first-order valence-corrected chi connectivity index (χ1v) is 6.75. The number of aryl methyl sites for hydroxylation is 1. The second-order valence-electron chi connectivity index (χ2n) is 5.34. The Morgan fingerprint density at radius 2 is 2.16 bits per heavy atom. The zero-order chi connectivity index (χ0) is 13.2. The van der Waals surface area contributed by atoms with Crippen molar-refractivity contribution in [3.63, 3.8) is 0 Å². The minimum atomic E-state index is 0.519. The van der Waals surface area contributed by atoms with Crippen LogP contribution in [0.2, 0.25) is 0 Å². The molecule has 0 aliphatic carbocycles. The molecule has 0 aromatic carbocycles. The van der Waals surface area contributed by atoms with E-state index < -0.39 is 0 Å². The van der Waals surface area contributed by atoms with Crippen molar-refractivity contribution in [2.45, 2.75) is 25.7 Å². The molecule has 0 radical (unpaired) electrons. The van der Waals surface area contributed by atoms with Crippen LogP contribution in [0.25, 0.3) is 11.3 Å². The third kappa shape index (κ3) is 2.51. The van der Waals surface area contributed by atoms with Gasteiger partial charge in [0, 0.05) is 29.9 Å². The first kappa shape index (κ1) is 12.3. The molecular formula is C14H19N5. The molecule has 1 aliphatic heterocycles. The largest absolute Gasteiger partial charge is 0.306 e. The van der Waals surface area contributed by atoms with Crippen molar-refractivity contribution in [2.24, 2.45) is 0 Å². The molecule has 1 N–H and O–H groups in total. The van der Waals surface area contributed by atoms with Crippen LogP contribution in [0.1, 0.15) is 30.1 Å². The summed E-state index contributed by atoms with van der Waals surface area (Å²) in [5.74, 6) is 0.519. The molecule has 1 aliphatic rings. The molecule has 0 amide bonds. The monoisotopic (exact) mass is 257 g/mol. The molecule has 0 bridgehead atoms. The van der Waals surface area contributed by atoms with Gasteiger partial charge in [-0.3, -0.25) is 15.1 Å². The molecule has 0 spiro atoms. The Bertz CT molecular complexity index is 545. The third-order valence-electron chi connectivity index (χ3n) is 3.82. The summed E-state index contributed by atoms with van der Waals surface area (Å²) in [5.41, 5.74) is 4.05. The molecular weight excluding hydrogens is 238 g/mol. The van der Waals surface area contributed by atoms with Crippen LogP contribution >= 0.6 is 0 Å². The number of likely N-dealkylation sites (tertiary alicyclic amines) is 1. The highest BCUT2D eigenvalue weighted by Gasteiger charge is 2.20. The lowest BCUT2D eigenvalue weighted by Gasteiger charge is -2.29. The number of likely N-dealkylation sites (N-methyl/N-ethyl adjacent to an activating group) is 1. The van der Waals surface area contributed by atoms with Gasteiger partial charge in [-0.1, -0.05) is 0 Å². The minimum absolute atomic E-state index is 0.519. The highest BCUT2D eigenvalue weighted by atomic mass is 15.1. The number of hydrogen-bond acceptors (Lipinski definition) is 4. The molecule has 2 aromatic heterocycles. The van der Waals surface area contributed by atoms with Crippen LogP contribution in [0.4, 0.5) is 0 Å². The number of nitrogens with zero attached hydrogens (tertiary/aromatic N) is 4. The van der Waals surface area contributed by atoms with Gasteiger partial charge in [0.05, 0.1) is 23.8 Å². The van der Waals surface area contributed by atoms with E-state index in [0.29, 0.717) is 5.92 Å². The van der Waals surface area contributed by atoms with Gasteiger partial charge in [-0.15, -0.1) is 0 Å². The van der Waals surface area contributed by atoms with Gasteiger partial charge in [-0.2, -0.15) is 5.10 Å². The molecule has 5 heteroatoms. The van der Waals surface area contributed by atoms with Crippen LogP contribution in [0, 0.1) is 6.92 Å². The predicted molar refractivity (Wildman–Crippen MR) is 73.8 cm³/mol. The van der Waals surface area contributed by atoms with Crippen molar-refractivity contribution in [2.75, 3.05) is 20.1 Å². The zero-order valence-corrected chi connectivity index (χ0v) is 11.4. The van der Waals surface area contributed by atoms with E-state index in [9.17, 15) is 0 Å². The quantitative estimate of drug-likeness (QED) is 0.893. The minimum Gasteiger partial charge on any atom is -0.306 e. The summed E-state index contributed by atoms with van der Waals surface area (Å²) in [6, 6.07) is 0. The highest BCUT2D eigenvalue weighted by Crippen LogP contribution is 2.25. The third-order valence-corrected chi connectivity index (χ3v) is 3.82. The number of hydrogen-bond donors (Lipinski definition) is 1. The van der Waals surface area contributed by atoms with Gasteiger partial charge in [-0.25, -0.2) is 0 Å². The Hall–Kier alpha value is -1.75. The van der Waals surface area contributed by atoms with Gasteiger partial charge in [0.2, 0.25) is 0 Å². The van der Waals surface area contributed by atoms with Gasteiger partial charge >= 0.3 is 0 Å². The smallest absolute Gasteiger partial charge is 0.0919 e. The Kier molecular flexibility index (Phi) is 3.29. The fraction of sp³-hybridized carbons (Fsp3) is 0.500. The zero-order valence-electron chi connectivity index (χ0n) is 11.4. The standard InChI is InChI=1S/C14H19N5/c1-10-12(6-17-18-10)14-8-15-13(7-16-14)11-4-3-5-19(2)9-11/h6-8,11H,3-5,9H2,1-2H3,(H,17,18)/t11-/m1/s1. The maximum Gasteiger partial charge on any atom is 0.0919 e. The number of H-pyrrole nitrogens is 1. The van der Waals surface area contributed by atoms with Crippen LogP contribution in [0.3, 0.4) is 0 Å². The van der Waals surface area contributed by atoms with Crippen LogP contribution in [0.15, 0.2) is 18.6 Å². The van der Waals surface area contributed by atoms with Gasteiger partial charge in [0.15, 0.2) is 0 Å². The van der Waals surface area contributed by atoms with E-state index in [1.807, 2.05) is 19.3 Å². The van der Waals surface area contributed by atoms with Gasteiger partial charge in [-0.05, 0) is 33.4 Å². The highest BCUT2D eigenvalue weighted by molar-refractivity contribution is 5.59. The van der Waals surface area contributed by atoms with Crippen molar-refractivity contribution in [1.29, 1.82) is 0 Å². The summed E-state index contributed by atoms with van der Waals surface area (Å²) in [5, 5.41) is 6.95. The molecule has 5 nitrogen and oxygen atoms in total. The Balaban J connectivity index is 1.81.